The number of carbonyl (C=O) groups excluding carboxylic acids is 2. The third-order valence-corrected chi connectivity index (χ3v) is 4.21. The highest BCUT2D eigenvalue weighted by Crippen LogP contribution is 2.35. The molecule has 26 heavy (non-hydrogen) atoms. The Labute approximate surface area is 154 Å². The fourth-order valence-corrected chi connectivity index (χ4v) is 2.85. The van der Waals surface area contributed by atoms with Crippen molar-refractivity contribution >= 4 is 34.3 Å². The van der Waals surface area contributed by atoms with Crippen molar-refractivity contribution in [2.75, 3.05) is 0 Å². The second-order valence-corrected chi connectivity index (χ2v) is 6.83. The van der Waals surface area contributed by atoms with E-state index in [0.29, 0.717) is 21.5 Å². The Kier molecular flexibility index (Phi) is 4.64. The molecule has 0 saturated heterocycles. The third kappa shape index (κ3) is 3.25. The monoisotopic (exact) mass is 375 g/mol. The summed E-state index contributed by atoms with van der Waals surface area (Å²) in [6.45, 7) is 4.77. The van der Waals surface area contributed by atoms with E-state index >= 15 is 0 Å². The van der Waals surface area contributed by atoms with E-state index in [4.69, 9.17) is 20.8 Å². The van der Waals surface area contributed by atoms with Gasteiger partial charge in [0.1, 0.15) is 5.69 Å². The van der Waals surface area contributed by atoms with Gasteiger partial charge < -0.3 is 19.2 Å². The van der Waals surface area contributed by atoms with Crippen molar-refractivity contribution in [2.45, 2.75) is 32.8 Å². The van der Waals surface area contributed by atoms with Gasteiger partial charge in [-0.05, 0) is 38.1 Å². The van der Waals surface area contributed by atoms with Crippen molar-refractivity contribution in [3.63, 3.8) is 0 Å². The summed E-state index contributed by atoms with van der Waals surface area (Å²) < 4.78 is 10.7. The molecule has 136 valence electrons. The first-order valence-corrected chi connectivity index (χ1v) is 8.47. The summed E-state index contributed by atoms with van der Waals surface area (Å²) in [4.78, 5) is 27.8. The lowest BCUT2D eigenvalue weighted by molar-refractivity contribution is -0.133. The van der Waals surface area contributed by atoms with Crippen LogP contribution in [0.15, 0.2) is 34.9 Å². The molecule has 0 aliphatic rings. The minimum absolute atomic E-state index is 0.0241. The summed E-state index contributed by atoms with van der Waals surface area (Å²) in [5.74, 6) is -0.911. The van der Waals surface area contributed by atoms with Crippen LogP contribution in [-0.4, -0.2) is 21.8 Å². The lowest BCUT2D eigenvalue weighted by atomic mass is 9.96. The van der Waals surface area contributed by atoms with E-state index in [1.54, 1.807) is 39.0 Å². The Hall–Kier alpha value is -2.57. The van der Waals surface area contributed by atoms with Gasteiger partial charge >= 0.3 is 5.97 Å². The highest BCUT2D eigenvalue weighted by atomic mass is 35.5. The first-order chi connectivity index (χ1) is 12.2. The minimum Gasteiger partial charge on any atom is -0.460 e. The SMILES string of the molecule is CCC(=O)Oc1c(C(=O)c2occc2C(C)(C)O)[nH]c2cc(Cl)ccc12. The van der Waals surface area contributed by atoms with Crippen LogP contribution < -0.4 is 4.74 Å². The Balaban J connectivity index is 2.18. The normalized spacial score (nSPS) is 11.7. The zero-order valence-corrected chi connectivity index (χ0v) is 15.3. The number of nitrogens with one attached hydrogen (secondary N) is 1. The van der Waals surface area contributed by atoms with Crippen LogP contribution in [0.25, 0.3) is 10.9 Å². The van der Waals surface area contributed by atoms with Gasteiger partial charge in [0, 0.05) is 22.4 Å². The molecule has 3 aromatic rings. The smallest absolute Gasteiger partial charge is 0.310 e. The van der Waals surface area contributed by atoms with Gasteiger partial charge in [-0.25, -0.2) is 0 Å². The van der Waals surface area contributed by atoms with E-state index in [9.17, 15) is 14.7 Å². The Morgan fingerprint density at radius 3 is 2.69 bits per heavy atom. The molecule has 0 radical (unpaired) electrons. The van der Waals surface area contributed by atoms with Gasteiger partial charge in [0.2, 0.25) is 5.78 Å². The van der Waals surface area contributed by atoms with E-state index in [0.717, 1.165) is 0 Å². The average molecular weight is 376 g/mol. The van der Waals surface area contributed by atoms with Crippen molar-refractivity contribution in [3.05, 3.63) is 52.6 Å². The van der Waals surface area contributed by atoms with Gasteiger partial charge in [-0.1, -0.05) is 18.5 Å². The highest BCUT2D eigenvalue weighted by molar-refractivity contribution is 6.31. The second-order valence-electron chi connectivity index (χ2n) is 6.40. The molecule has 0 aliphatic heterocycles. The molecule has 2 heterocycles. The topological polar surface area (TPSA) is 92.5 Å². The van der Waals surface area contributed by atoms with E-state index in [2.05, 4.69) is 4.98 Å². The lowest BCUT2D eigenvalue weighted by Crippen LogP contribution is -2.19. The molecule has 0 saturated carbocycles. The Bertz CT molecular complexity index is 993. The standard InChI is InChI=1S/C19H18ClNO5/c1-4-14(22)26-17-11-6-5-10(20)9-13(11)21-15(17)16(23)18-12(7-8-25-18)19(2,3)24/h5-9,21,24H,4H2,1-3H3. The van der Waals surface area contributed by atoms with Crippen LogP contribution in [0.5, 0.6) is 5.75 Å². The molecule has 0 unspecified atom stereocenters. The van der Waals surface area contributed by atoms with Gasteiger partial charge in [-0.2, -0.15) is 0 Å². The van der Waals surface area contributed by atoms with Gasteiger partial charge in [-0.3, -0.25) is 9.59 Å². The summed E-state index contributed by atoms with van der Waals surface area (Å²) >= 11 is 6.01. The number of carbonyl (C=O) groups is 2. The van der Waals surface area contributed by atoms with E-state index < -0.39 is 17.4 Å². The molecule has 2 aromatic heterocycles. The molecule has 2 N–H and O–H groups in total. The van der Waals surface area contributed by atoms with E-state index in [1.807, 2.05) is 0 Å². The minimum atomic E-state index is -1.27. The van der Waals surface area contributed by atoms with Gasteiger partial charge in [0.25, 0.3) is 0 Å². The van der Waals surface area contributed by atoms with E-state index in [-0.39, 0.29) is 23.6 Å². The number of furan rings is 1. The van der Waals surface area contributed by atoms with Crippen LogP contribution in [0.4, 0.5) is 0 Å². The van der Waals surface area contributed by atoms with Crippen molar-refractivity contribution in [1.82, 2.24) is 4.98 Å². The van der Waals surface area contributed by atoms with Crippen molar-refractivity contribution in [2.24, 2.45) is 0 Å². The maximum absolute atomic E-state index is 13.1. The molecule has 7 heteroatoms. The van der Waals surface area contributed by atoms with E-state index in [1.165, 1.54) is 12.3 Å². The number of aliphatic hydroxyl groups is 1. The van der Waals surface area contributed by atoms with Gasteiger partial charge in [-0.15, -0.1) is 0 Å². The summed E-state index contributed by atoms with van der Waals surface area (Å²) in [6.07, 6.45) is 1.49. The number of aromatic amines is 1. The largest absolute Gasteiger partial charge is 0.460 e. The zero-order valence-electron chi connectivity index (χ0n) is 14.6. The first-order valence-electron chi connectivity index (χ1n) is 8.09. The summed E-state index contributed by atoms with van der Waals surface area (Å²) in [7, 11) is 0. The number of ether oxygens (including phenoxy) is 1. The molecule has 0 amide bonds. The number of esters is 1. The fourth-order valence-electron chi connectivity index (χ4n) is 2.68. The van der Waals surface area contributed by atoms with Gasteiger partial charge in [0.15, 0.2) is 11.5 Å². The molecule has 0 aliphatic carbocycles. The van der Waals surface area contributed by atoms with Crippen LogP contribution in [0.1, 0.15) is 49.0 Å². The number of rotatable bonds is 5. The molecule has 1 aromatic carbocycles. The third-order valence-electron chi connectivity index (χ3n) is 3.98. The Morgan fingerprint density at radius 2 is 2.04 bits per heavy atom. The number of hydrogen-bond acceptors (Lipinski definition) is 5. The predicted molar refractivity (Wildman–Crippen MR) is 96.6 cm³/mol. The fraction of sp³-hybridized carbons (Fsp3) is 0.263. The van der Waals surface area contributed by atoms with Crippen molar-refractivity contribution in [1.29, 1.82) is 0 Å². The number of halogens is 1. The summed E-state index contributed by atoms with van der Waals surface area (Å²) in [5.41, 5.74) is -0.319. The molecule has 3 rings (SSSR count). The molecular formula is C19H18ClNO5. The van der Waals surface area contributed by atoms with Crippen molar-refractivity contribution < 1.29 is 23.8 Å². The first kappa shape index (κ1) is 18.2. The molecule has 0 fully saturated rings. The molecule has 6 nitrogen and oxygen atoms in total. The predicted octanol–water partition coefficient (Wildman–Crippen LogP) is 4.19. The zero-order chi connectivity index (χ0) is 19.1. The number of hydrogen-bond donors (Lipinski definition) is 2. The summed E-state index contributed by atoms with van der Waals surface area (Å²) in [5, 5.41) is 11.3. The molecule has 0 spiro atoms. The number of benzene rings is 1. The van der Waals surface area contributed by atoms with Crippen LogP contribution in [0.3, 0.4) is 0 Å². The molecule has 0 bridgehead atoms. The van der Waals surface area contributed by atoms with Crippen LogP contribution in [0.2, 0.25) is 5.02 Å². The molecule has 0 atom stereocenters. The lowest BCUT2D eigenvalue weighted by Gasteiger charge is -2.16. The highest BCUT2D eigenvalue weighted by Gasteiger charge is 2.31. The average Bonchev–Trinajstić information content (AvgIpc) is 3.19. The van der Waals surface area contributed by atoms with Crippen molar-refractivity contribution in [3.8, 4) is 5.75 Å². The maximum Gasteiger partial charge on any atom is 0.310 e. The maximum atomic E-state index is 13.1. The number of fused-ring (bicyclic) bond motifs is 1. The van der Waals surface area contributed by atoms with Crippen LogP contribution in [0, 0.1) is 0 Å². The summed E-state index contributed by atoms with van der Waals surface area (Å²) in [6, 6.07) is 6.48. The second kappa shape index (κ2) is 6.63. The number of ketones is 1. The van der Waals surface area contributed by atoms with Gasteiger partial charge in [0.05, 0.1) is 17.4 Å². The number of aromatic nitrogens is 1. The molecular weight excluding hydrogens is 358 g/mol. The van der Waals surface area contributed by atoms with Crippen LogP contribution >= 0.6 is 11.6 Å². The van der Waals surface area contributed by atoms with Crippen LogP contribution in [-0.2, 0) is 10.4 Å². The number of H-pyrrole nitrogens is 1. The quantitative estimate of drug-likeness (QED) is 0.515. The Morgan fingerprint density at radius 1 is 1.31 bits per heavy atom.